The Morgan fingerprint density at radius 3 is 2.53 bits per heavy atom. The minimum absolute atomic E-state index is 0.487. The van der Waals surface area contributed by atoms with Crippen LogP contribution in [0.5, 0.6) is 11.6 Å². The van der Waals surface area contributed by atoms with Gasteiger partial charge in [0.05, 0.1) is 19.4 Å². The molecule has 4 nitrogen and oxygen atoms in total. The van der Waals surface area contributed by atoms with E-state index >= 15 is 0 Å². The summed E-state index contributed by atoms with van der Waals surface area (Å²) in [4.78, 5) is 5.47. The van der Waals surface area contributed by atoms with Crippen LogP contribution in [0.1, 0.15) is 6.92 Å². The standard InChI is InChI=1S/C14H16N2O2S/c1-3-18-14-12(15)8-9-13(16-14)19-11-6-4-10(17-2)5-7-11/h4-9H,3,15H2,1-2H3. The number of nitrogens with two attached hydrogens (primary N) is 1. The Labute approximate surface area is 116 Å². The van der Waals surface area contributed by atoms with Crippen molar-refractivity contribution in [2.24, 2.45) is 0 Å². The lowest BCUT2D eigenvalue weighted by molar-refractivity contribution is 0.326. The zero-order valence-electron chi connectivity index (χ0n) is 10.9. The molecule has 2 N–H and O–H groups in total. The molecule has 0 radical (unpaired) electrons. The predicted molar refractivity (Wildman–Crippen MR) is 76.9 cm³/mol. The zero-order chi connectivity index (χ0) is 13.7. The lowest BCUT2D eigenvalue weighted by Gasteiger charge is -2.08. The van der Waals surface area contributed by atoms with Crippen LogP contribution in [0.25, 0.3) is 0 Å². The molecule has 0 aliphatic carbocycles. The molecule has 0 amide bonds. The van der Waals surface area contributed by atoms with Crippen molar-refractivity contribution in [2.75, 3.05) is 19.5 Å². The van der Waals surface area contributed by atoms with Crippen LogP contribution in [0.4, 0.5) is 5.69 Å². The molecule has 0 aliphatic heterocycles. The first-order valence-corrected chi connectivity index (χ1v) is 6.75. The summed E-state index contributed by atoms with van der Waals surface area (Å²) in [5, 5.41) is 0.850. The molecule has 1 aromatic carbocycles. The van der Waals surface area contributed by atoms with Crippen LogP contribution in [0.15, 0.2) is 46.3 Å². The topological polar surface area (TPSA) is 57.4 Å². The molecule has 100 valence electrons. The highest BCUT2D eigenvalue weighted by Gasteiger charge is 2.05. The maximum Gasteiger partial charge on any atom is 0.238 e. The molecule has 0 aliphatic rings. The van der Waals surface area contributed by atoms with Crippen molar-refractivity contribution in [3.05, 3.63) is 36.4 Å². The van der Waals surface area contributed by atoms with Gasteiger partial charge in [-0.3, -0.25) is 0 Å². The third-order valence-corrected chi connectivity index (χ3v) is 3.37. The maximum absolute atomic E-state index is 5.79. The third kappa shape index (κ3) is 3.54. The summed E-state index contributed by atoms with van der Waals surface area (Å²) >= 11 is 1.55. The number of aromatic nitrogens is 1. The Kier molecular flexibility index (Phi) is 4.52. The second kappa shape index (κ2) is 6.33. The average Bonchev–Trinajstić information content (AvgIpc) is 2.44. The van der Waals surface area contributed by atoms with E-state index in [1.807, 2.05) is 43.3 Å². The zero-order valence-corrected chi connectivity index (χ0v) is 11.7. The van der Waals surface area contributed by atoms with E-state index in [1.54, 1.807) is 18.9 Å². The number of hydrogen-bond donors (Lipinski definition) is 1. The number of ether oxygens (including phenoxy) is 2. The normalized spacial score (nSPS) is 10.2. The first kappa shape index (κ1) is 13.5. The fourth-order valence-electron chi connectivity index (χ4n) is 1.51. The average molecular weight is 276 g/mol. The van der Waals surface area contributed by atoms with Gasteiger partial charge in [0.1, 0.15) is 10.8 Å². The van der Waals surface area contributed by atoms with Crippen LogP contribution in [0, 0.1) is 0 Å². The van der Waals surface area contributed by atoms with Crippen LogP contribution in [0.3, 0.4) is 0 Å². The second-order valence-corrected chi connectivity index (χ2v) is 4.85. The fraction of sp³-hybridized carbons (Fsp3) is 0.214. The van der Waals surface area contributed by atoms with Crippen molar-refractivity contribution in [1.82, 2.24) is 4.98 Å². The van der Waals surface area contributed by atoms with E-state index in [0.29, 0.717) is 18.2 Å². The van der Waals surface area contributed by atoms with Gasteiger partial charge < -0.3 is 15.2 Å². The minimum atomic E-state index is 0.487. The Balaban J connectivity index is 2.15. The molecule has 5 heteroatoms. The Bertz CT molecular complexity index is 544. The van der Waals surface area contributed by atoms with Crippen LogP contribution in [0.2, 0.25) is 0 Å². The number of rotatable bonds is 5. The summed E-state index contributed by atoms with van der Waals surface area (Å²) < 4.78 is 10.5. The summed E-state index contributed by atoms with van der Waals surface area (Å²) in [5.74, 6) is 1.32. The monoisotopic (exact) mass is 276 g/mol. The molecule has 1 heterocycles. The van der Waals surface area contributed by atoms with E-state index in [1.165, 1.54) is 0 Å². The number of methoxy groups -OCH3 is 1. The van der Waals surface area contributed by atoms with Gasteiger partial charge >= 0.3 is 0 Å². The van der Waals surface area contributed by atoms with Crippen molar-refractivity contribution in [3.8, 4) is 11.6 Å². The van der Waals surface area contributed by atoms with E-state index in [2.05, 4.69) is 4.98 Å². The summed E-state index contributed by atoms with van der Waals surface area (Å²) in [6, 6.07) is 11.5. The molecule has 0 saturated carbocycles. The number of benzene rings is 1. The van der Waals surface area contributed by atoms with E-state index < -0.39 is 0 Å². The highest BCUT2D eigenvalue weighted by molar-refractivity contribution is 7.99. The molecular weight excluding hydrogens is 260 g/mol. The smallest absolute Gasteiger partial charge is 0.238 e. The molecule has 1 aromatic heterocycles. The first-order chi connectivity index (χ1) is 9.22. The SMILES string of the molecule is CCOc1nc(Sc2ccc(OC)cc2)ccc1N. The molecular formula is C14H16N2O2S. The molecule has 0 bridgehead atoms. The van der Waals surface area contributed by atoms with Crippen LogP contribution >= 0.6 is 11.8 Å². The quantitative estimate of drug-likeness (QED) is 0.908. The summed E-state index contributed by atoms with van der Waals surface area (Å²) in [6.45, 7) is 2.46. The molecule has 2 rings (SSSR count). The summed E-state index contributed by atoms with van der Waals surface area (Å²) in [7, 11) is 1.65. The van der Waals surface area contributed by atoms with Gasteiger partial charge in [-0.1, -0.05) is 11.8 Å². The number of hydrogen-bond acceptors (Lipinski definition) is 5. The van der Waals surface area contributed by atoms with Crippen molar-refractivity contribution in [3.63, 3.8) is 0 Å². The van der Waals surface area contributed by atoms with Gasteiger partial charge in [-0.25, -0.2) is 4.98 Å². The maximum atomic E-state index is 5.79. The highest BCUT2D eigenvalue weighted by Crippen LogP contribution is 2.30. The van der Waals surface area contributed by atoms with E-state index in [-0.39, 0.29) is 0 Å². The lowest BCUT2D eigenvalue weighted by Crippen LogP contribution is -1.99. The minimum Gasteiger partial charge on any atom is -0.497 e. The predicted octanol–water partition coefficient (Wildman–Crippen LogP) is 3.22. The molecule has 2 aromatic rings. The highest BCUT2D eigenvalue weighted by atomic mass is 32.2. The van der Waals surface area contributed by atoms with Gasteiger partial charge in [-0.05, 0) is 43.3 Å². The van der Waals surface area contributed by atoms with Crippen molar-refractivity contribution in [1.29, 1.82) is 0 Å². The summed E-state index contributed by atoms with van der Waals surface area (Å²) in [6.07, 6.45) is 0. The van der Waals surface area contributed by atoms with Gasteiger partial charge in [0, 0.05) is 4.90 Å². The van der Waals surface area contributed by atoms with Gasteiger partial charge in [0.2, 0.25) is 5.88 Å². The van der Waals surface area contributed by atoms with Crippen LogP contribution < -0.4 is 15.2 Å². The molecule has 0 spiro atoms. The van der Waals surface area contributed by atoms with E-state index in [4.69, 9.17) is 15.2 Å². The van der Waals surface area contributed by atoms with Crippen molar-refractivity contribution in [2.45, 2.75) is 16.8 Å². The molecule has 0 fully saturated rings. The molecule has 0 unspecified atom stereocenters. The lowest BCUT2D eigenvalue weighted by atomic mass is 10.3. The molecule has 0 saturated heterocycles. The Morgan fingerprint density at radius 1 is 1.16 bits per heavy atom. The van der Waals surface area contributed by atoms with Crippen LogP contribution in [-0.2, 0) is 0 Å². The Hall–Kier alpha value is -1.88. The largest absolute Gasteiger partial charge is 0.497 e. The summed E-state index contributed by atoms with van der Waals surface area (Å²) in [5.41, 5.74) is 6.35. The third-order valence-electron chi connectivity index (χ3n) is 2.43. The number of pyridine rings is 1. The van der Waals surface area contributed by atoms with Gasteiger partial charge in [-0.2, -0.15) is 0 Å². The number of nitrogens with zero attached hydrogens (tertiary/aromatic N) is 1. The van der Waals surface area contributed by atoms with Crippen LogP contribution in [-0.4, -0.2) is 18.7 Å². The molecule has 19 heavy (non-hydrogen) atoms. The van der Waals surface area contributed by atoms with Gasteiger partial charge in [0.25, 0.3) is 0 Å². The fourth-order valence-corrected chi connectivity index (χ4v) is 2.29. The first-order valence-electron chi connectivity index (χ1n) is 5.94. The van der Waals surface area contributed by atoms with Gasteiger partial charge in [-0.15, -0.1) is 0 Å². The molecule has 0 atom stereocenters. The van der Waals surface area contributed by atoms with Crippen molar-refractivity contribution < 1.29 is 9.47 Å². The number of nitrogen functional groups attached to an aromatic ring is 1. The number of anilines is 1. The Morgan fingerprint density at radius 2 is 1.89 bits per heavy atom. The van der Waals surface area contributed by atoms with E-state index in [0.717, 1.165) is 15.7 Å². The van der Waals surface area contributed by atoms with Crippen molar-refractivity contribution >= 4 is 17.4 Å². The van der Waals surface area contributed by atoms with Gasteiger partial charge in [0.15, 0.2) is 0 Å². The second-order valence-electron chi connectivity index (χ2n) is 3.75. The van der Waals surface area contributed by atoms with E-state index in [9.17, 15) is 0 Å².